The van der Waals surface area contributed by atoms with Crippen molar-refractivity contribution in [2.24, 2.45) is 0 Å². The minimum atomic E-state index is -0.114. The van der Waals surface area contributed by atoms with Crippen LogP contribution in [0.2, 0.25) is 5.02 Å². The molecule has 1 saturated heterocycles. The molecule has 0 aliphatic carbocycles. The Kier molecular flexibility index (Phi) is 7.47. The Morgan fingerprint density at radius 3 is 2.38 bits per heavy atom. The third kappa shape index (κ3) is 5.71. The third-order valence-corrected chi connectivity index (χ3v) is 6.16. The van der Waals surface area contributed by atoms with Crippen LogP contribution < -0.4 is 14.4 Å². The lowest BCUT2D eigenvalue weighted by Crippen LogP contribution is -2.27. The smallest absolute Gasteiger partial charge is 0.270 e. The molecule has 1 fully saturated rings. The van der Waals surface area contributed by atoms with Crippen molar-refractivity contribution in [1.82, 2.24) is 0 Å². The van der Waals surface area contributed by atoms with Crippen molar-refractivity contribution in [3.63, 3.8) is 0 Å². The van der Waals surface area contributed by atoms with E-state index in [1.54, 1.807) is 17.0 Å². The van der Waals surface area contributed by atoms with Crippen molar-refractivity contribution in [1.29, 1.82) is 0 Å². The Balaban J connectivity index is 1.32. The summed E-state index contributed by atoms with van der Waals surface area (Å²) in [5.41, 5.74) is 1.66. The molecule has 0 bridgehead atoms. The summed E-state index contributed by atoms with van der Waals surface area (Å²) in [5, 5.41) is 0.683. The number of benzene rings is 3. The van der Waals surface area contributed by atoms with Crippen LogP contribution in [0.5, 0.6) is 11.5 Å². The molecular formula is C25H20ClNO3S2. The Morgan fingerprint density at radius 2 is 1.62 bits per heavy atom. The molecule has 4 rings (SSSR count). The van der Waals surface area contributed by atoms with Gasteiger partial charge in [0.25, 0.3) is 5.91 Å². The molecule has 0 radical (unpaired) electrons. The summed E-state index contributed by atoms with van der Waals surface area (Å²) < 4.78 is 12.1. The summed E-state index contributed by atoms with van der Waals surface area (Å²) in [5.74, 6) is 1.41. The first-order chi connectivity index (χ1) is 15.6. The number of hydrogen-bond donors (Lipinski definition) is 0. The molecule has 3 aromatic rings. The van der Waals surface area contributed by atoms with Crippen molar-refractivity contribution < 1.29 is 14.3 Å². The van der Waals surface area contributed by atoms with Crippen LogP contribution in [0.25, 0.3) is 6.08 Å². The van der Waals surface area contributed by atoms with Gasteiger partial charge in [-0.15, -0.1) is 0 Å². The molecule has 1 amide bonds. The molecule has 0 spiro atoms. The molecule has 1 heterocycles. The van der Waals surface area contributed by atoms with Gasteiger partial charge in [-0.25, -0.2) is 0 Å². The quantitative estimate of drug-likeness (QED) is 0.206. The number of para-hydroxylation sites is 1. The average Bonchev–Trinajstić information content (AvgIpc) is 3.08. The number of halogens is 1. The van der Waals surface area contributed by atoms with Crippen LogP contribution in [0.15, 0.2) is 83.8 Å². The van der Waals surface area contributed by atoms with Gasteiger partial charge < -0.3 is 9.47 Å². The number of thiocarbonyl (C=S) groups is 1. The van der Waals surface area contributed by atoms with Gasteiger partial charge in [-0.1, -0.05) is 65.9 Å². The Labute approximate surface area is 201 Å². The number of ether oxygens (including phenoxy) is 2. The second-order valence-corrected chi connectivity index (χ2v) is 9.04. The molecule has 32 heavy (non-hydrogen) atoms. The second kappa shape index (κ2) is 10.7. The molecule has 0 unspecified atom stereocenters. The van der Waals surface area contributed by atoms with Gasteiger partial charge in [0.05, 0.1) is 23.8 Å². The minimum absolute atomic E-state index is 0.114. The van der Waals surface area contributed by atoms with E-state index in [-0.39, 0.29) is 5.91 Å². The maximum absolute atomic E-state index is 12.9. The van der Waals surface area contributed by atoms with E-state index in [4.69, 9.17) is 33.3 Å². The fourth-order valence-corrected chi connectivity index (χ4v) is 4.51. The van der Waals surface area contributed by atoms with Gasteiger partial charge in [-0.3, -0.25) is 9.69 Å². The molecule has 162 valence electrons. The summed E-state index contributed by atoms with van der Waals surface area (Å²) in [6, 6.07) is 24.4. The zero-order valence-corrected chi connectivity index (χ0v) is 19.5. The zero-order chi connectivity index (χ0) is 22.3. The molecule has 7 heteroatoms. The molecule has 0 N–H and O–H groups in total. The lowest BCUT2D eigenvalue weighted by molar-refractivity contribution is -0.113. The second-order valence-electron chi connectivity index (χ2n) is 6.93. The van der Waals surface area contributed by atoms with E-state index in [2.05, 4.69) is 0 Å². The van der Waals surface area contributed by atoms with E-state index >= 15 is 0 Å². The summed E-state index contributed by atoms with van der Waals surface area (Å²) in [6.45, 7) is 1.07. The van der Waals surface area contributed by atoms with E-state index < -0.39 is 0 Å². The molecule has 0 aromatic heterocycles. The predicted molar refractivity (Wildman–Crippen MR) is 136 cm³/mol. The highest BCUT2D eigenvalue weighted by Gasteiger charge is 2.33. The summed E-state index contributed by atoms with van der Waals surface area (Å²) in [4.78, 5) is 15.0. The highest BCUT2D eigenvalue weighted by molar-refractivity contribution is 8.27. The molecule has 0 atom stereocenters. The molecule has 0 saturated carbocycles. The molecule has 3 aromatic carbocycles. The van der Waals surface area contributed by atoms with E-state index in [0.29, 0.717) is 27.5 Å². The molecule has 1 aliphatic rings. The summed E-state index contributed by atoms with van der Waals surface area (Å²) >= 11 is 12.6. The van der Waals surface area contributed by atoms with Gasteiger partial charge in [0.1, 0.15) is 11.5 Å². The SMILES string of the molecule is O=C1/C(=C/c2cccc(OCCCOc3ccc(Cl)cc3)c2)SC(=S)N1c1ccccc1. The maximum atomic E-state index is 12.9. The highest BCUT2D eigenvalue weighted by Crippen LogP contribution is 2.36. The Bertz CT molecular complexity index is 1130. The van der Waals surface area contributed by atoms with Crippen LogP contribution in [-0.2, 0) is 4.79 Å². The number of amides is 1. The van der Waals surface area contributed by atoms with E-state index in [1.807, 2.05) is 72.8 Å². The lowest BCUT2D eigenvalue weighted by Gasteiger charge is -2.13. The molecule has 4 nitrogen and oxygen atoms in total. The number of rotatable bonds is 8. The largest absolute Gasteiger partial charge is 0.493 e. The van der Waals surface area contributed by atoms with Crippen molar-refractivity contribution >= 4 is 57.6 Å². The maximum Gasteiger partial charge on any atom is 0.270 e. The normalized spacial score (nSPS) is 14.8. The van der Waals surface area contributed by atoms with E-state index in [1.165, 1.54) is 11.8 Å². The molecular weight excluding hydrogens is 462 g/mol. The van der Waals surface area contributed by atoms with Crippen LogP contribution >= 0.6 is 35.6 Å². The number of hydrogen-bond acceptors (Lipinski definition) is 5. The fourth-order valence-electron chi connectivity index (χ4n) is 3.08. The first-order valence-electron chi connectivity index (χ1n) is 10.0. The van der Waals surface area contributed by atoms with Crippen LogP contribution in [0, 0.1) is 0 Å². The van der Waals surface area contributed by atoms with Crippen molar-refractivity contribution in [2.75, 3.05) is 18.1 Å². The zero-order valence-electron chi connectivity index (χ0n) is 17.1. The van der Waals surface area contributed by atoms with Crippen LogP contribution in [0.3, 0.4) is 0 Å². The predicted octanol–water partition coefficient (Wildman–Crippen LogP) is 6.59. The number of thioether (sulfide) groups is 1. The van der Waals surface area contributed by atoms with Gasteiger partial charge in [-0.2, -0.15) is 0 Å². The van der Waals surface area contributed by atoms with Gasteiger partial charge in [0.2, 0.25) is 0 Å². The first kappa shape index (κ1) is 22.4. The van der Waals surface area contributed by atoms with E-state index in [0.717, 1.165) is 29.2 Å². The number of nitrogens with zero attached hydrogens (tertiary/aromatic N) is 1. The van der Waals surface area contributed by atoms with Gasteiger partial charge in [0, 0.05) is 11.4 Å². The Hall–Kier alpha value is -2.80. The van der Waals surface area contributed by atoms with Gasteiger partial charge in [0.15, 0.2) is 4.32 Å². The van der Waals surface area contributed by atoms with Crippen LogP contribution in [-0.4, -0.2) is 23.4 Å². The first-order valence-corrected chi connectivity index (χ1v) is 11.6. The topological polar surface area (TPSA) is 38.8 Å². The van der Waals surface area contributed by atoms with Crippen LogP contribution in [0.1, 0.15) is 12.0 Å². The third-order valence-electron chi connectivity index (χ3n) is 4.60. The van der Waals surface area contributed by atoms with Crippen molar-refractivity contribution in [2.45, 2.75) is 6.42 Å². The molecule has 1 aliphatic heterocycles. The number of carbonyl (C=O) groups is 1. The van der Waals surface area contributed by atoms with Crippen molar-refractivity contribution in [3.8, 4) is 11.5 Å². The number of anilines is 1. The minimum Gasteiger partial charge on any atom is -0.493 e. The van der Waals surface area contributed by atoms with Gasteiger partial charge in [-0.05, 0) is 60.2 Å². The Morgan fingerprint density at radius 1 is 0.906 bits per heavy atom. The van der Waals surface area contributed by atoms with Gasteiger partial charge >= 0.3 is 0 Å². The van der Waals surface area contributed by atoms with Crippen molar-refractivity contribution in [3.05, 3.63) is 94.4 Å². The fraction of sp³-hybridized carbons (Fsp3) is 0.120. The standard InChI is InChI=1S/C25H20ClNO3S2/c26-19-10-12-21(13-11-19)29-14-5-15-30-22-9-4-6-18(16-22)17-23-24(28)27(25(31)32-23)20-7-2-1-3-8-20/h1-4,6-13,16-17H,5,14-15H2/b23-17-. The lowest BCUT2D eigenvalue weighted by atomic mass is 10.2. The summed E-state index contributed by atoms with van der Waals surface area (Å²) in [7, 11) is 0. The highest BCUT2D eigenvalue weighted by atomic mass is 35.5. The van der Waals surface area contributed by atoms with Crippen LogP contribution in [0.4, 0.5) is 5.69 Å². The summed E-state index contributed by atoms with van der Waals surface area (Å²) in [6.07, 6.45) is 2.58. The van der Waals surface area contributed by atoms with E-state index in [9.17, 15) is 4.79 Å². The number of carbonyl (C=O) groups excluding carboxylic acids is 1. The monoisotopic (exact) mass is 481 g/mol. The average molecular weight is 482 g/mol.